The van der Waals surface area contributed by atoms with Crippen LogP contribution in [-0.4, -0.2) is 18.3 Å². The molecule has 21 heavy (non-hydrogen) atoms. The van der Waals surface area contributed by atoms with Crippen LogP contribution in [0.2, 0.25) is 0 Å². The van der Waals surface area contributed by atoms with Crippen molar-refractivity contribution in [3.63, 3.8) is 0 Å². The van der Waals surface area contributed by atoms with Gasteiger partial charge in [0.2, 0.25) is 0 Å². The molecule has 110 valence electrons. The van der Waals surface area contributed by atoms with Gasteiger partial charge in [0.25, 0.3) is 0 Å². The average Bonchev–Trinajstić information content (AvgIpc) is 2.93. The van der Waals surface area contributed by atoms with E-state index in [1.165, 1.54) is 12.1 Å². The maximum Gasteiger partial charge on any atom is 0.532 e. The van der Waals surface area contributed by atoms with Crippen LogP contribution in [0.5, 0.6) is 0 Å². The van der Waals surface area contributed by atoms with Crippen LogP contribution in [0.3, 0.4) is 0 Å². The van der Waals surface area contributed by atoms with Crippen molar-refractivity contribution in [1.82, 2.24) is 0 Å². The zero-order valence-electron chi connectivity index (χ0n) is 12.6. The molecule has 1 aliphatic heterocycles. The Balaban J connectivity index is 1.87. The topological polar surface area (TPSA) is 31.6 Å². The number of halogens is 1. The van der Waals surface area contributed by atoms with Gasteiger partial charge in [-0.3, -0.25) is 0 Å². The van der Waals surface area contributed by atoms with Crippen molar-refractivity contribution in [3.8, 4) is 11.1 Å². The van der Waals surface area contributed by atoms with Crippen LogP contribution >= 0.6 is 0 Å². The van der Waals surface area contributed by atoms with Gasteiger partial charge in [0.15, 0.2) is 0 Å². The third-order valence-corrected chi connectivity index (χ3v) is 4.26. The number of furan rings is 1. The van der Waals surface area contributed by atoms with Gasteiger partial charge in [-0.25, -0.2) is 4.39 Å². The maximum absolute atomic E-state index is 13.3. The van der Waals surface area contributed by atoms with Crippen molar-refractivity contribution in [2.24, 2.45) is 0 Å². The molecule has 0 atom stereocenters. The van der Waals surface area contributed by atoms with Crippen LogP contribution in [0.25, 0.3) is 11.1 Å². The molecule has 0 aliphatic carbocycles. The number of hydrogen-bond acceptors (Lipinski definition) is 3. The van der Waals surface area contributed by atoms with Crippen molar-refractivity contribution in [3.05, 3.63) is 42.4 Å². The lowest BCUT2D eigenvalue weighted by molar-refractivity contribution is 0.00578. The van der Waals surface area contributed by atoms with E-state index >= 15 is 0 Å². The van der Waals surface area contributed by atoms with Crippen LogP contribution in [0.1, 0.15) is 27.7 Å². The summed E-state index contributed by atoms with van der Waals surface area (Å²) in [7, 11) is -0.544. The van der Waals surface area contributed by atoms with Gasteiger partial charge in [-0.05, 0) is 51.5 Å². The molecule has 1 aromatic carbocycles. The second-order valence-corrected chi connectivity index (χ2v) is 6.34. The molecule has 0 amide bonds. The van der Waals surface area contributed by atoms with Gasteiger partial charge in [0.1, 0.15) is 11.5 Å². The van der Waals surface area contributed by atoms with Crippen molar-refractivity contribution in [2.75, 3.05) is 0 Å². The fraction of sp³-hybridized carbons (Fsp3) is 0.375. The Morgan fingerprint density at radius 1 is 0.952 bits per heavy atom. The summed E-state index contributed by atoms with van der Waals surface area (Å²) in [6.45, 7) is 7.96. The lowest BCUT2D eigenvalue weighted by Crippen LogP contribution is -2.41. The highest BCUT2D eigenvalue weighted by Gasteiger charge is 2.53. The van der Waals surface area contributed by atoms with E-state index in [0.717, 1.165) is 11.1 Å². The predicted molar refractivity (Wildman–Crippen MR) is 79.8 cm³/mol. The molecule has 0 N–H and O–H groups in total. The summed E-state index contributed by atoms with van der Waals surface area (Å²) in [4.78, 5) is 0. The Morgan fingerprint density at radius 2 is 1.62 bits per heavy atom. The predicted octanol–water partition coefficient (Wildman–Crippen LogP) is 3.38. The normalized spacial score (nSPS) is 20.0. The lowest BCUT2D eigenvalue weighted by Gasteiger charge is -2.32. The zero-order chi connectivity index (χ0) is 15.3. The second kappa shape index (κ2) is 4.72. The quantitative estimate of drug-likeness (QED) is 0.794. The van der Waals surface area contributed by atoms with Crippen LogP contribution in [0.4, 0.5) is 4.39 Å². The summed E-state index contributed by atoms with van der Waals surface area (Å²) >= 11 is 0. The van der Waals surface area contributed by atoms with E-state index in [4.69, 9.17) is 13.7 Å². The van der Waals surface area contributed by atoms with Crippen molar-refractivity contribution in [1.29, 1.82) is 0 Å². The zero-order valence-corrected chi connectivity index (χ0v) is 12.6. The molecule has 1 aromatic heterocycles. The Kier molecular flexibility index (Phi) is 3.22. The fourth-order valence-electron chi connectivity index (χ4n) is 2.26. The maximum atomic E-state index is 13.3. The summed E-state index contributed by atoms with van der Waals surface area (Å²) in [5.74, 6) is -0.272. The molecule has 3 nitrogen and oxygen atoms in total. The summed E-state index contributed by atoms with van der Waals surface area (Å²) < 4.78 is 30.7. The molecule has 0 spiro atoms. The van der Waals surface area contributed by atoms with Crippen LogP contribution in [0, 0.1) is 5.82 Å². The Labute approximate surface area is 124 Å². The van der Waals surface area contributed by atoms with Gasteiger partial charge < -0.3 is 13.7 Å². The Morgan fingerprint density at radius 3 is 2.24 bits per heavy atom. The third-order valence-electron chi connectivity index (χ3n) is 4.26. The molecule has 0 saturated carbocycles. The molecule has 1 saturated heterocycles. The third kappa shape index (κ3) is 2.52. The highest BCUT2D eigenvalue weighted by atomic mass is 19.1. The van der Waals surface area contributed by atoms with E-state index in [0.29, 0.717) is 5.66 Å². The van der Waals surface area contributed by atoms with Gasteiger partial charge in [-0.1, -0.05) is 12.1 Å². The van der Waals surface area contributed by atoms with Crippen molar-refractivity contribution < 1.29 is 18.1 Å². The molecule has 2 aromatic rings. The van der Waals surface area contributed by atoms with Gasteiger partial charge in [0, 0.05) is 5.56 Å². The van der Waals surface area contributed by atoms with Crippen molar-refractivity contribution >= 4 is 12.8 Å². The van der Waals surface area contributed by atoms with Gasteiger partial charge >= 0.3 is 7.12 Å². The van der Waals surface area contributed by atoms with E-state index < -0.39 is 18.3 Å². The van der Waals surface area contributed by atoms with Crippen molar-refractivity contribution in [2.45, 2.75) is 38.9 Å². The van der Waals surface area contributed by atoms with Gasteiger partial charge in [-0.2, -0.15) is 0 Å². The summed E-state index contributed by atoms with van der Waals surface area (Å²) in [5.41, 5.74) is 1.33. The van der Waals surface area contributed by atoms with Gasteiger partial charge in [-0.15, -0.1) is 0 Å². The Bertz CT molecular complexity index is 647. The smallest absolute Gasteiger partial charge is 0.472 e. The lowest BCUT2D eigenvalue weighted by atomic mass is 9.85. The first-order valence-electron chi connectivity index (χ1n) is 6.98. The summed E-state index contributed by atoms with van der Waals surface area (Å²) in [6, 6.07) is 8.22. The first-order chi connectivity index (χ1) is 9.78. The summed E-state index contributed by atoms with van der Waals surface area (Å²) in [6.07, 6.45) is 1.59. The molecule has 1 fully saturated rings. The molecule has 0 radical (unpaired) electrons. The average molecular weight is 288 g/mol. The van der Waals surface area contributed by atoms with E-state index in [1.54, 1.807) is 12.3 Å². The van der Waals surface area contributed by atoms with Gasteiger partial charge in [0.05, 0.1) is 17.5 Å². The van der Waals surface area contributed by atoms with E-state index in [9.17, 15) is 4.39 Å². The number of hydrogen-bond donors (Lipinski definition) is 0. The summed E-state index contributed by atoms with van der Waals surface area (Å²) in [5, 5.41) is 0. The molecular weight excluding hydrogens is 270 g/mol. The minimum Gasteiger partial charge on any atom is -0.472 e. The molecule has 5 heteroatoms. The Hall–Kier alpha value is -1.59. The molecular formula is C16H18BFO3. The molecule has 3 rings (SSSR count). The number of benzene rings is 1. The standard InChI is InChI=1S/C16H18BFO3/c1-15(2)16(3,4)21-17(20-15)14-9-12(10-19-14)11-6-5-7-13(18)8-11/h5-10H,1-4H3. The largest absolute Gasteiger partial charge is 0.532 e. The first-order valence-corrected chi connectivity index (χ1v) is 6.98. The molecule has 2 heterocycles. The molecule has 0 bridgehead atoms. The highest BCUT2D eigenvalue weighted by Crippen LogP contribution is 2.36. The monoisotopic (exact) mass is 288 g/mol. The number of rotatable bonds is 2. The minimum atomic E-state index is -0.544. The van der Waals surface area contributed by atoms with Crippen LogP contribution in [-0.2, 0) is 9.31 Å². The SMILES string of the molecule is CC1(C)OB(c2cc(-c3cccc(F)c3)co2)OC1(C)C. The minimum absolute atomic E-state index is 0.272. The molecule has 1 aliphatic rings. The fourth-order valence-corrected chi connectivity index (χ4v) is 2.26. The van der Waals surface area contributed by atoms with Crippen LogP contribution < -0.4 is 5.66 Å². The van der Waals surface area contributed by atoms with E-state index in [1.807, 2.05) is 39.8 Å². The second-order valence-electron chi connectivity index (χ2n) is 6.34. The van der Waals surface area contributed by atoms with Crippen LogP contribution in [0.15, 0.2) is 41.0 Å². The van der Waals surface area contributed by atoms with E-state index in [2.05, 4.69) is 0 Å². The van der Waals surface area contributed by atoms with E-state index in [-0.39, 0.29) is 5.82 Å². The first kappa shape index (κ1) is 14.4. The highest BCUT2D eigenvalue weighted by molar-refractivity contribution is 6.60. The molecule has 0 unspecified atom stereocenters.